The summed E-state index contributed by atoms with van der Waals surface area (Å²) in [4.78, 5) is 4.51. The number of nitrogens with two attached hydrogens (primary N) is 1. The lowest BCUT2D eigenvalue weighted by atomic mass is 9.75. The van der Waals surface area contributed by atoms with E-state index in [1.54, 1.807) is 7.11 Å². The van der Waals surface area contributed by atoms with Crippen LogP contribution < -0.4 is 10.5 Å². The average molecular weight is 273 g/mol. The Balaban J connectivity index is 2.04. The number of aromatic nitrogens is 2. The third-order valence-electron chi connectivity index (χ3n) is 4.47. The Hall–Kier alpha value is -1.71. The van der Waals surface area contributed by atoms with E-state index in [9.17, 15) is 0 Å². The van der Waals surface area contributed by atoms with Crippen LogP contribution in [-0.4, -0.2) is 16.7 Å². The highest BCUT2D eigenvalue weighted by molar-refractivity contribution is 5.80. The van der Waals surface area contributed by atoms with Crippen molar-refractivity contribution in [1.82, 2.24) is 9.55 Å². The maximum absolute atomic E-state index is 6.18. The lowest BCUT2D eigenvalue weighted by Gasteiger charge is -2.36. The van der Waals surface area contributed by atoms with E-state index in [0.29, 0.717) is 17.4 Å². The summed E-state index contributed by atoms with van der Waals surface area (Å²) in [5, 5.41) is 0. The number of hydrogen-bond donors (Lipinski definition) is 1. The molecule has 0 bridgehead atoms. The molecule has 2 aromatic rings. The summed E-state index contributed by atoms with van der Waals surface area (Å²) in [6.45, 7) is 4.69. The quantitative estimate of drug-likeness (QED) is 0.906. The first-order valence-corrected chi connectivity index (χ1v) is 7.32. The smallest absolute Gasteiger partial charge is 0.201 e. The summed E-state index contributed by atoms with van der Waals surface area (Å²) >= 11 is 0. The van der Waals surface area contributed by atoms with Crippen LogP contribution in [-0.2, 0) is 0 Å². The zero-order valence-electron chi connectivity index (χ0n) is 12.5. The van der Waals surface area contributed by atoms with Crippen molar-refractivity contribution in [2.45, 2.75) is 45.6 Å². The summed E-state index contributed by atoms with van der Waals surface area (Å²) < 4.78 is 7.48. The number of nitrogens with zero attached hydrogens (tertiary/aromatic N) is 2. The van der Waals surface area contributed by atoms with Gasteiger partial charge in [0.2, 0.25) is 5.95 Å². The van der Waals surface area contributed by atoms with E-state index in [1.807, 2.05) is 12.1 Å². The molecule has 1 aliphatic rings. The van der Waals surface area contributed by atoms with Gasteiger partial charge in [-0.2, -0.15) is 0 Å². The number of ether oxygens (including phenoxy) is 1. The number of nitrogen functional groups attached to an aromatic ring is 1. The van der Waals surface area contributed by atoms with E-state index in [1.165, 1.54) is 19.3 Å². The standard InChI is InChI=1S/C16H23N3O/c1-16(2)8-4-5-11(10-16)19-14-7-6-12(20-3)9-13(14)18-15(19)17/h6-7,9,11H,4-5,8,10H2,1-3H3,(H2,17,18). The first-order chi connectivity index (χ1) is 9.50. The molecule has 1 aromatic heterocycles. The summed E-state index contributed by atoms with van der Waals surface area (Å²) in [7, 11) is 1.67. The van der Waals surface area contributed by atoms with Crippen LogP contribution in [0.5, 0.6) is 5.75 Å². The van der Waals surface area contributed by atoms with E-state index in [-0.39, 0.29) is 0 Å². The van der Waals surface area contributed by atoms with Gasteiger partial charge in [0.1, 0.15) is 5.75 Å². The highest BCUT2D eigenvalue weighted by Crippen LogP contribution is 2.43. The summed E-state index contributed by atoms with van der Waals surface area (Å²) in [6, 6.07) is 6.46. The Morgan fingerprint density at radius 3 is 2.90 bits per heavy atom. The van der Waals surface area contributed by atoms with Gasteiger partial charge in [-0.1, -0.05) is 20.3 Å². The molecule has 108 valence electrons. The molecule has 1 atom stereocenters. The molecule has 1 fully saturated rings. The third kappa shape index (κ3) is 2.23. The van der Waals surface area contributed by atoms with Gasteiger partial charge in [0.05, 0.1) is 18.1 Å². The molecule has 1 aliphatic carbocycles. The number of anilines is 1. The maximum Gasteiger partial charge on any atom is 0.201 e. The van der Waals surface area contributed by atoms with Crippen LogP contribution in [0.2, 0.25) is 0 Å². The van der Waals surface area contributed by atoms with Gasteiger partial charge >= 0.3 is 0 Å². The van der Waals surface area contributed by atoms with Crippen LogP contribution in [0.3, 0.4) is 0 Å². The fourth-order valence-corrected chi connectivity index (χ4v) is 3.49. The highest BCUT2D eigenvalue weighted by Gasteiger charge is 2.30. The highest BCUT2D eigenvalue weighted by atomic mass is 16.5. The van der Waals surface area contributed by atoms with Crippen molar-refractivity contribution >= 4 is 17.0 Å². The predicted octanol–water partition coefficient (Wildman–Crippen LogP) is 3.77. The first kappa shape index (κ1) is 13.3. The van der Waals surface area contributed by atoms with Gasteiger partial charge in [-0.3, -0.25) is 0 Å². The lowest BCUT2D eigenvalue weighted by molar-refractivity contribution is 0.187. The van der Waals surface area contributed by atoms with Crippen molar-refractivity contribution in [2.24, 2.45) is 5.41 Å². The number of fused-ring (bicyclic) bond motifs is 1. The zero-order valence-corrected chi connectivity index (χ0v) is 12.5. The minimum Gasteiger partial charge on any atom is -0.497 e. The van der Waals surface area contributed by atoms with Gasteiger partial charge in [0.15, 0.2) is 0 Å². The van der Waals surface area contributed by atoms with Crippen molar-refractivity contribution < 1.29 is 4.74 Å². The minimum atomic E-state index is 0.387. The van der Waals surface area contributed by atoms with Crippen molar-refractivity contribution in [3.63, 3.8) is 0 Å². The summed E-state index contributed by atoms with van der Waals surface area (Å²) in [5.41, 5.74) is 8.60. The second-order valence-corrected chi connectivity index (χ2v) is 6.61. The third-order valence-corrected chi connectivity index (χ3v) is 4.47. The number of benzene rings is 1. The number of imidazole rings is 1. The number of hydrogen-bond acceptors (Lipinski definition) is 3. The molecule has 0 saturated heterocycles. The van der Waals surface area contributed by atoms with Crippen LogP contribution in [0.4, 0.5) is 5.95 Å². The number of methoxy groups -OCH3 is 1. The summed E-state index contributed by atoms with van der Waals surface area (Å²) in [6.07, 6.45) is 4.90. The molecule has 1 heterocycles. The zero-order chi connectivity index (χ0) is 14.3. The molecule has 4 nitrogen and oxygen atoms in total. The first-order valence-electron chi connectivity index (χ1n) is 7.32. The van der Waals surface area contributed by atoms with Gasteiger partial charge < -0.3 is 15.0 Å². The molecular formula is C16H23N3O. The van der Waals surface area contributed by atoms with Gasteiger partial charge in [0.25, 0.3) is 0 Å². The van der Waals surface area contributed by atoms with E-state index in [2.05, 4.69) is 29.5 Å². The Labute approximate surface area is 119 Å². The molecule has 3 rings (SSSR count). The van der Waals surface area contributed by atoms with Gasteiger partial charge in [-0.15, -0.1) is 0 Å². The van der Waals surface area contributed by atoms with E-state index in [4.69, 9.17) is 10.5 Å². The molecule has 2 N–H and O–H groups in total. The van der Waals surface area contributed by atoms with Crippen LogP contribution in [0.25, 0.3) is 11.0 Å². The van der Waals surface area contributed by atoms with Crippen molar-refractivity contribution in [3.05, 3.63) is 18.2 Å². The number of rotatable bonds is 2. The van der Waals surface area contributed by atoms with Crippen LogP contribution in [0, 0.1) is 5.41 Å². The fourth-order valence-electron chi connectivity index (χ4n) is 3.49. The predicted molar refractivity (Wildman–Crippen MR) is 82.0 cm³/mol. The minimum absolute atomic E-state index is 0.387. The van der Waals surface area contributed by atoms with E-state index < -0.39 is 0 Å². The largest absolute Gasteiger partial charge is 0.497 e. The Morgan fingerprint density at radius 2 is 2.20 bits per heavy atom. The van der Waals surface area contributed by atoms with Crippen molar-refractivity contribution in [3.8, 4) is 5.75 Å². The second kappa shape index (κ2) is 4.69. The van der Waals surface area contributed by atoms with E-state index >= 15 is 0 Å². The molecule has 1 unspecified atom stereocenters. The normalized spacial score (nSPS) is 22.1. The molecule has 0 aliphatic heterocycles. The molecule has 1 saturated carbocycles. The van der Waals surface area contributed by atoms with Crippen molar-refractivity contribution in [1.29, 1.82) is 0 Å². The summed E-state index contributed by atoms with van der Waals surface area (Å²) in [5.74, 6) is 1.45. The molecule has 0 radical (unpaired) electrons. The maximum atomic E-state index is 6.18. The SMILES string of the molecule is COc1ccc2c(c1)nc(N)n2C1CCCC(C)(C)C1. The monoisotopic (exact) mass is 273 g/mol. The molecule has 4 heteroatoms. The van der Waals surface area contributed by atoms with Crippen LogP contribution >= 0.6 is 0 Å². The Kier molecular flexibility index (Phi) is 3.11. The Morgan fingerprint density at radius 1 is 1.40 bits per heavy atom. The van der Waals surface area contributed by atoms with Gasteiger partial charge in [0, 0.05) is 12.1 Å². The molecular weight excluding hydrogens is 250 g/mol. The lowest BCUT2D eigenvalue weighted by Crippen LogP contribution is -2.25. The van der Waals surface area contributed by atoms with Crippen LogP contribution in [0.1, 0.15) is 45.6 Å². The molecule has 20 heavy (non-hydrogen) atoms. The average Bonchev–Trinajstić information content (AvgIpc) is 2.72. The fraction of sp³-hybridized carbons (Fsp3) is 0.562. The molecule has 1 aromatic carbocycles. The van der Waals surface area contributed by atoms with Gasteiger partial charge in [-0.05, 0) is 36.8 Å². The van der Waals surface area contributed by atoms with Crippen molar-refractivity contribution in [2.75, 3.05) is 12.8 Å². The molecule has 0 amide bonds. The second-order valence-electron chi connectivity index (χ2n) is 6.61. The Bertz CT molecular complexity index is 630. The van der Waals surface area contributed by atoms with Gasteiger partial charge in [-0.25, -0.2) is 4.98 Å². The topological polar surface area (TPSA) is 53.1 Å². The molecule has 0 spiro atoms. The van der Waals surface area contributed by atoms with E-state index in [0.717, 1.165) is 23.2 Å². The van der Waals surface area contributed by atoms with Crippen LogP contribution in [0.15, 0.2) is 18.2 Å².